The van der Waals surface area contributed by atoms with Crippen molar-refractivity contribution in [2.75, 3.05) is 27.9 Å². The second kappa shape index (κ2) is 3.99. The van der Waals surface area contributed by atoms with Gasteiger partial charge in [0.2, 0.25) is 0 Å². The number of methoxy groups -OCH3 is 3. The van der Waals surface area contributed by atoms with Crippen molar-refractivity contribution in [1.29, 1.82) is 0 Å². The molecule has 0 saturated carbocycles. The SMILES string of the molecule is CO[C@@H]1[C@H](OC)[C@@H](OC)[C@@]2(C)OC[C@@H]1O2. The number of fused-ring (bicyclic) bond motifs is 2. The number of ether oxygens (including phenoxy) is 5. The van der Waals surface area contributed by atoms with Crippen LogP contribution < -0.4 is 0 Å². The molecular formula is C10H18O5. The summed E-state index contributed by atoms with van der Waals surface area (Å²) in [5.41, 5.74) is 0. The van der Waals surface area contributed by atoms with Crippen molar-refractivity contribution in [2.24, 2.45) is 0 Å². The minimum absolute atomic E-state index is 0.0728. The van der Waals surface area contributed by atoms with Gasteiger partial charge in [-0.15, -0.1) is 0 Å². The van der Waals surface area contributed by atoms with Gasteiger partial charge in [-0.2, -0.15) is 0 Å². The normalized spacial score (nSPS) is 49.6. The van der Waals surface area contributed by atoms with Crippen LogP contribution >= 0.6 is 0 Å². The van der Waals surface area contributed by atoms with Crippen LogP contribution in [0.2, 0.25) is 0 Å². The van der Waals surface area contributed by atoms with Gasteiger partial charge in [0, 0.05) is 21.3 Å². The molecule has 0 amide bonds. The fourth-order valence-corrected chi connectivity index (χ4v) is 2.50. The molecule has 2 rings (SSSR count). The molecule has 0 aromatic carbocycles. The molecule has 5 heteroatoms. The second-order valence-electron chi connectivity index (χ2n) is 4.04. The highest BCUT2D eigenvalue weighted by atomic mass is 16.8. The zero-order chi connectivity index (χ0) is 11.1. The van der Waals surface area contributed by atoms with Crippen LogP contribution in [0.5, 0.6) is 0 Å². The fraction of sp³-hybridized carbons (Fsp3) is 1.00. The highest BCUT2D eigenvalue weighted by molar-refractivity contribution is 5.01. The summed E-state index contributed by atoms with van der Waals surface area (Å²) < 4.78 is 27.6. The summed E-state index contributed by atoms with van der Waals surface area (Å²) in [6, 6.07) is 0. The van der Waals surface area contributed by atoms with Gasteiger partial charge in [-0.25, -0.2) is 0 Å². The third-order valence-corrected chi connectivity index (χ3v) is 3.22. The first-order valence-corrected chi connectivity index (χ1v) is 5.06. The predicted molar refractivity (Wildman–Crippen MR) is 51.6 cm³/mol. The summed E-state index contributed by atoms with van der Waals surface area (Å²) in [5.74, 6) is -0.713. The maximum atomic E-state index is 5.77. The summed E-state index contributed by atoms with van der Waals surface area (Å²) >= 11 is 0. The van der Waals surface area contributed by atoms with Crippen LogP contribution in [0.25, 0.3) is 0 Å². The van der Waals surface area contributed by atoms with E-state index in [1.54, 1.807) is 21.3 Å². The molecule has 0 aromatic rings. The maximum Gasteiger partial charge on any atom is 0.195 e. The molecule has 2 bridgehead atoms. The number of hydrogen-bond acceptors (Lipinski definition) is 5. The molecule has 0 N–H and O–H groups in total. The van der Waals surface area contributed by atoms with Gasteiger partial charge in [0.25, 0.3) is 0 Å². The van der Waals surface area contributed by atoms with Gasteiger partial charge < -0.3 is 23.7 Å². The van der Waals surface area contributed by atoms with E-state index in [9.17, 15) is 0 Å². The Labute approximate surface area is 89.6 Å². The van der Waals surface area contributed by atoms with Crippen molar-refractivity contribution in [1.82, 2.24) is 0 Å². The molecule has 5 atom stereocenters. The van der Waals surface area contributed by atoms with E-state index < -0.39 is 5.79 Å². The maximum absolute atomic E-state index is 5.77. The van der Waals surface area contributed by atoms with Gasteiger partial charge in [0.05, 0.1) is 6.61 Å². The summed E-state index contributed by atoms with van der Waals surface area (Å²) in [6.45, 7) is 2.40. The molecule has 2 aliphatic heterocycles. The van der Waals surface area contributed by atoms with E-state index in [0.29, 0.717) is 6.61 Å². The van der Waals surface area contributed by atoms with E-state index in [2.05, 4.69) is 0 Å². The quantitative estimate of drug-likeness (QED) is 0.676. The molecule has 0 spiro atoms. The molecule has 2 saturated heterocycles. The van der Waals surface area contributed by atoms with Crippen molar-refractivity contribution >= 4 is 0 Å². The summed E-state index contributed by atoms with van der Waals surface area (Å²) in [5, 5.41) is 0. The summed E-state index contributed by atoms with van der Waals surface area (Å²) in [6.07, 6.45) is -0.649. The van der Waals surface area contributed by atoms with Crippen LogP contribution in [0.3, 0.4) is 0 Å². The van der Waals surface area contributed by atoms with Crippen molar-refractivity contribution in [3.05, 3.63) is 0 Å². The smallest absolute Gasteiger partial charge is 0.195 e. The third-order valence-electron chi connectivity index (χ3n) is 3.22. The Hall–Kier alpha value is -0.200. The molecule has 0 unspecified atom stereocenters. The van der Waals surface area contributed by atoms with Crippen molar-refractivity contribution < 1.29 is 23.7 Å². The minimum atomic E-state index is -0.713. The standard InChI is InChI=1S/C10H18O5/c1-10-9(13-4)8(12-3)7(11-2)6(15-10)5-14-10/h6-9H,5H2,1-4H3/t6-,7-,8-,9+,10-/m0/s1. The second-order valence-corrected chi connectivity index (χ2v) is 4.04. The van der Waals surface area contributed by atoms with E-state index in [-0.39, 0.29) is 24.4 Å². The lowest BCUT2D eigenvalue weighted by Gasteiger charge is -2.43. The van der Waals surface area contributed by atoms with Gasteiger partial charge in [-0.3, -0.25) is 0 Å². The predicted octanol–water partition coefficient (Wildman–Crippen LogP) is 0.177. The summed E-state index contributed by atoms with van der Waals surface area (Å²) in [4.78, 5) is 0. The van der Waals surface area contributed by atoms with Gasteiger partial charge in [-0.05, 0) is 6.92 Å². The van der Waals surface area contributed by atoms with Crippen molar-refractivity contribution in [2.45, 2.75) is 37.1 Å². The Morgan fingerprint density at radius 2 is 1.73 bits per heavy atom. The van der Waals surface area contributed by atoms with E-state index in [1.807, 2.05) is 6.92 Å². The molecule has 5 nitrogen and oxygen atoms in total. The Kier molecular flexibility index (Phi) is 3.00. The lowest BCUT2D eigenvalue weighted by molar-refractivity contribution is -0.298. The zero-order valence-electron chi connectivity index (χ0n) is 9.56. The Morgan fingerprint density at radius 1 is 1.07 bits per heavy atom. The van der Waals surface area contributed by atoms with Gasteiger partial charge in [-0.1, -0.05) is 0 Å². The fourth-order valence-electron chi connectivity index (χ4n) is 2.50. The number of rotatable bonds is 3. The first-order valence-electron chi connectivity index (χ1n) is 5.06. The largest absolute Gasteiger partial charge is 0.376 e. The number of hydrogen-bond donors (Lipinski definition) is 0. The van der Waals surface area contributed by atoms with Crippen LogP contribution in [-0.4, -0.2) is 58.1 Å². The van der Waals surface area contributed by atoms with Crippen molar-refractivity contribution in [3.8, 4) is 0 Å². The average molecular weight is 218 g/mol. The van der Waals surface area contributed by atoms with Gasteiger partial charge in [0.1, 0.15) is 24.4 Å². The lowest BCUT2D eigenvalue weighted by Crippen LogP contribution is -2.61. The van der Waals surface area contributed by atoms with Crippen molar-refractivity contribution in [3.63, 3.8) is 0 Å². The molecule has 88 valence electrons. The molecular weight excluding hydrogens is 200 g/mol. The topological polar surface area (TPSA) is 46.2 Å². The van der Waals surface area contributed by atoms with Crippen LogP contribution in [0, 0.1) is 0 Å². The van der Waals surface area contributed by atoms with Crippen LogP contribution in [0.1, 0.15) is 6.92 Å². The monoisotopic (exact) mass is 218 g/mol. The van der Waals surface area contributed by atoms with Gasteiger partial charge >= 0.3 is 0 Å². The highest BCUT2D eigenvalue weighted by Crippen LogP contribution is 2.40. The van der Waals surface area contributed by atoms with Crippen LogP contribution in [0.15, 0.2) is 0 Å². The first-order chi connectivity index (χ1) is 7.16. The molecule has 2 aliphatic rings. The Morgan fingerprint density at radius 3 is 2.27 bits per heavy atom. The first kappa shape index (κ1) is 11.3. The zero-order valence-corrected chi connectivity index (χ0v) is 9.56. The summed E-state index contributed by atoms with van der Waals surface area (Å²) in [7, 11) is 4.92. The highest BCUT2D eigenvalue weighted by Gasteiger charge is 2.58. The molecule has 0 aliphatic carbocycles. The molecule has 2 heterocycles. The third kappa shape index (κ3) is 1.59. The lowest BCUT2D eigenvalue weighted by atomic mass is 9.95. The van der Waals surface area contributed by atoms with E-state index >= 15 is 0 Å². The van der Waals surface area contributed by atoms with E-state index in [0.717, 1.165) is 0 Å². The molecule has 2 fully saturated rings. The van der Waals surface area contributed by atoms with Crippen LogP contribution in [-0.2, 0) is 23.7 Å². The van der Waals surface area contributed by atoms with E-state index in [4.69, 9.17) is 23.7 Å². The molecule has 15 heavy (non-hydrogen) atoms. The molecule has 0 radical (unpaired) electrons. The molecule has 0 aromatic heterocycles. The van der Waals surface area contributed by atoms with E-state index in [1.165, 1.54) is 0 Å². The minimum Gasteiger partial charge on any atom is -0.376 e. The Bertz CT molecular complexity index is 234. The van der Waals surface area contributed by atoms with Crippen LogP contribution in [0.4, 0.5) is 0 Å². The average Bonchev–Trinajstić information content (AvgIpc) is 2.57. The Balaban J connectivity index is 2.26. The van der Waals surface area contributed by atoms with Gasteiger partial charge in [0.15, 0.2) is 5.79 Å².